The van der Waals surface area contributed by atoms with Crippen molar-refractivity contribution >= 4 is 5.97 Å². The van der Waals surface area contributed by atoms with Crippen LogP contribution in [0.1, 0.15) is 71.1 Å². The predicted molar refractivity (Wildman–Crippen MR) is 76.7 cm³/mol. The molecule has 0 bridgehead atoms. The number of hydrogen-bond acceptors (Lipinski definition) is 3. The first kappa shape index (κ1) is 14.8. The Kier molecular flexibility index (Phi) is 5.26. The summed E-state index contributed by atoms with van der Waals surface area (Å²) in [6.45, 7) is 2.66. The molecule has 2 N–H and O–H groups in total. The molecule has 0 radical (unpaired) electrons. The van der Waals surface area contributed by atoms with Crippen LogP contribution in [0.2, 0.25) is 0 Å². The van der Waals surface area contributed by atoms with Gasteiger partial charge < -0.3 is 10.5 Å². The van der Waals surface area contributed by atoms with Gasteiger partial charge in [-0.15, -0.1) is 0 Å². The summed E-state index contributed by atoms with van der Waals surface area (Å²) in [4.78, 5) is 12.6. The van der Waals surface area contributed by atoms with E-state index in [9.17, 15) is 4.79 Å². The van der Waals surface area contributed by atoms with Gasteiger partial charge in [0.1, 0.15) is 6.10 Å². The second-order valence-corrected chi connectivity index (χ2v) is 6.44. The number of rotatable bonds is 4. The van der Waals surface area contributed by atoms with Gasteiger partial charge in [-0.3, -0.25) is 4.79 Å². The molecule has 0 saturated heterocycles. The van der Waals surface area contributed by atoms with Crippen LogP contribution < -0.4 is 5.73 Å². The lowest BCUT2D eigenvalue weighted by atomic mass is 9.74. The molecule has 2 atom stereocenters. The van der Waals surface area contributed by atoms with Crippen molar-refractivity contribution in [2.24, 2.45) is 17.1 Å². The summed E-state index contributed by atoms with van der Waals surface area (Å²) in [6.07, 6.45) is 11.3. The molecule has 19 heavy (non-hydrogen) atoms. The Labute approximate surface area is 117 Å². The minimum atomic E-state index is -0.367. The summed E-state index contributed by atoms with van der Waals surface area (Å²) >= 11 is 0. The fourth-order valence-electron chi connectivity index (χ4n) is 3.78. The standard InChI is InChI=1S/C16H29NO2/c1-2-13-8-4-5-9-14(13)19-15(18)16(12-17)10-6-3-7-11-16/h13-14H,2-12,17H2,1H3. The Hall–Kier alpha value is -0.570. The lowest BCUT2D eigenvalue weighted by Crippen LogP contribution is -2.44. The van der Waals surface area contributed by atoms with Crippen LogP contribution >= 0.6 is 0 Å². The third-order valence-electron chi connectivity index (χ3n) is 5.26. The van der Waals surface area contributed by atoms with Crippen molar-refractivity contribution in [1.82, 2.24) is 0 Å². The number of ether oxygens (including phenoxy) is 1. The molecule has 3 heteroatoms. The maximum atomic E-state index is 12.6. The van der Waals surface area contributed by atoms with E-state index in [2.05, 4.69) is 6.92 Å². The molecule has 0 heterocycles. The third kappa shape index (κ3) is 3.31. The number of hydrogen-bond donors (Lipinski definition) is 1. The Morgan fingerprint density at radius 3 is 2.47 bits per heavy atom. The number of nitrogens with two attached hydrogens (primary N) is 1. The quantitative estimate of drug-likeness (QED) is 0.794. The van der Waals surface area contributed by atoms with E-state index in [-0.39, 0.29) is 17.5 Å². The zero-order valence-corrected chi connectivity index (χ0v) is 12.3. The second kappa shape index (κ2) is 6.74. The molecule has 2 rings (SSSR count). The van der Waals surface area contributed by atoms with Crippen molar-refractivity contribution in [3.8, 4) is 0 Å². The Bertz CT molecular complexity index is 297. The molecule has 2 fully saturated rings. The van der Waals surface area contributed by atoms with E-state index >= 15 is 0 Å². The van der Waals surface area contributed by atoms with Gasteiger partial charge >= 0.3 is 5.97 Å². The third-order valence-corrected chi connectivity index (χ3v) is 5.26. The molecule has 0 aromatic heterocycles. The maximum Gasteiger partial charge on any atom is 0.313 e. The van der Waals surface area contributed by atoms with Crippen LogP contribution in [0, 0.1) is 11.3 Å². The number of esters is 1. The second-order valence-electron chi connectivity index (χ2n) is 6.44. The molecule has 0 aromatic rings. The van der Waals surface area contributed by atoms with Gasteiger partial charge in [0.05, 0.1) is 5.41 Å². The SMILES string of the molecule is CCC1CCCCC1OC(=O)C1(CN)CCCCC1. The largest absolute Gasteiger partial charge is 0.462 e. The normalized spacial score (nSPS) is 30.8. The molecule has 2 saturated carbocycles. The molecule has 2 unspecified atom stereocenters. The van der Waals surface area contributed by atoms with Crippen molar-refractivity contribution in [2.45, 2.75) is 77.2 Å². The first-order chi connectivity index (χ1) is 9.22. The van der Waals surface area contributed by atoms with Gasteiger partial charge in [0, 0.05) is 6.54 Å². The van der Waals surface area contributed by atoms with E-state index in [0.29, 0.717) is 12.5 Å². The van der Waals surface area contributed by atoms with Crippen molar-refractivity contribution in [1.29, 1.82) is 0 Å². The molecule has 0 spiro atoms. The Morgan fingerprint density at radius 2 is 1.84 bits per heavy atom. The van der Waals surface area contributed by atoms with Crippen LogP contribution in [0.3, 0.4) is 0 Å². The van der Waals surface area contributed by atoms with Crippen LogP contribution in [-0.4, -0.2) is 18.6 Å². The summed E-state index contributed by atoms with van der Waals surface area (Å²) in [7, 11) is 0. The minimum absolute atomic E-state index is 0.0000463. The molecule has 0 amide bonds. The van der Waals surface area contributed by atoms with Gasteiger partial charge in [0.25, 0.3) is 0 Å². The van der Waals surface area contributed by atoms with E-state index in [1.807, 2.05) is 0 Å². The molecule has 110 valence electrons. The first-order valence-corrected chi connectivity index (χ1v) is 8.13. The first-order valence-electron chi connectivity index (χ1n) is 8.13. The van der Waals surface area contributed by atoms with Crippen LogP contribution in [0.4, 0.5) is 0 Å². The van der Waals surface area contributed by atoms with E-state index < -0.39 is 0 Å². The smallest absolute Gasteiger partial charge is 0.313 e. The number of carbonyl (C=O) groups is 1. The Balaban J connectivity index is 1.98. The van der Waals surface area contributed by atoms with Crippen LogP contribution in [0.5, 0.6) is 0 Å². The summed E-state index contributed by atoms with van der Waals surface area (Å²) < 4.78 is 5.91. The predicted octanol–water partition coefficient (Wildman–Crippen LogP) is 3.41. The van der Waals surface area contributed by atoms with Gasteiger partial charge in [0.15, 0.2) is 0 Å². The van der Waals surface area contributed by atoms with Gasteiger partial charge in [-0.2, -0.15) is 0 Å². The lowest BCUT2D eigenvalue weighted by Gasteiger charge is -2.37. The van der Waals surface area contributed by atoms with Gasteiger partial charge in [0.2, 0.25) is 0 Å². The summed E-state index contributed by atoms with van der Waals surface area (Å²) in [5.74, 6) is 0.566. The average Bonchev–Trinajstić information content (AvgIpc) is 2.48. The zero-order chi connectivity index (χ0) is 13.7. The highest BCUT2D eigenvalue weighted by Gasteiger charge is 2.41. The van der Waals surface area contributed by atoms with E-state index in [1.54, 1.807) is 0 Å². The molecule has 3 nitrogen and oxygen atoms in total. The molecular weight excluding hydrogens is 238 g/mol. The van der Waals surface area contributed by atoms with Crippen molar-refractivity contribution in [2.75, 3.05) is 6.54 Å². The molecule has 2 aliphatic carbocycles. The van der Waals surface area contributed by atoms with Crippen molar-refractivity contribution in [3.63, 3.8) is 0 Å². The fraction of sp³-hybridized carbons (Fsp3) is 0.938. The van der Waals surface area contributed by atoms with Crippen molar-refractivity contribution < 1.29 is 9.53 Å². The maximum absolute atomic E-state index is 12.6. The number of carbonyl (C=O) groups excluding carboxylic acids is 1. The van der Waals surface area contributed by atoms with Crippen molar-refractivity contribution in [3.05, 3.63) is 0 Å². The molecule has 0 aromatic carbocycles. The average molecular weight is 267 g/mol. The summed E-state index contributed by atoms with van der Waals surface area (Å²) in [5, 5.41) is 0. The van der Waals surface area contributed by atoms with Crippen LogP contribution in [0.15, 0.2) is 0 Å². The topological polar surface area (TPSA) is 52.3 Å². The van der Waals surface area contributed by atoms with E-state index in [0.717, 1.165) is 38.5 Å². The lowest BCUT2D eigenvalue weighted by molar-refractivity contribution is -0.167. The Morgan fingerprint density at radius 1 is 1.16 bits per heavy atom. The van der Waals surface area contributed by atoms with Gasteiger partial charge in [-0.05, 0) is 44.4 Å². The molecule has 2 aliphatic rings. The van der Waals surface area contributed by atoms with Crippen LogP contribution in [-0.2, 0) is 9.53 Å². The summed E-state index contributed by atoms with van der Waals surface area (Å²) in [6, 6.07) is 0. The molecule has 0 aliphatic heterocycles. The fourth-order valence-corrected chi connectivity index (χ4v) is 3.78. The summed E-state index contributed by atoms with van der Waals surface area (Å²) in [5.41, 5.74) is 5.54. The van der Waals surface area contributed by atoms with Gasteiger partial charge in [-0.1, -0.05) is 32.6 Å². The van der Waals surface area contributed by atoms with Crippen LogP contribution in [0.25, 0.3) is 0 Å². The highest BCUT2D eigenvalue weighted by Crippen LogP contribution is 2.38. The van der Waals surface area contributed by atoms with Gasteiger partial charge in [-0.25, -0.2) is 0 Å². The zero-order valence-electron chi connectivity index (χ0n) is 12.3. The van der Waals surface area contributed by atoms with E-state index in [4.69, 9.17) is 10.5 Å². The molecular formula is C16H29NO2. The minimum Gasteiger partial charge on any atom is -0.462 e. The van der Waals surface area contributed by atoms with E-state index in [1.165, 1.54) is 25.7 Å². The monoisotopic (exact) mass is 267 g/mol. The highest BCUT2D eigenvalue weighted by atomic mass is 16.5. The highest BCUT2D eigenvalue weighted by molar-refractivity contribution is 5.77.